The molecule has 0 amide bonds. The van der Waals surface area contributed by atoms with Gasteiger partial charge in [-0.15, -0.1) is 0 Å². The molecule has 3 fully saturated rings. The first-order chi connectivity index (χ1) is 21.8. The molecule has 2 aromatic carbocycles. The summed E-state index contributed by atoms with van der Waals surface area (Å²) >= 11 is 6.86. The lowest BCUT2D eigenvalue weighted by Crippen LogP contribution is -2.65. The third-order valence-electron chi connectivity index (χ3n) is 10.5. The van der Waals surface area contributed by atoms with Crippen molar-refractivity contribution in [2.75, 3.05) is 6.61 Å². The molecule has 3 aliphatic rings. The van der Waals surface area contributed by atoms with Crippen LogP contribution in [0.5, 0.6) is 0 Å². The van der Waals surface area contributed by atoms with E-state index in [4.69, 9.17) is 29.6 Å². The Balaban J connectivity index is 1.43. The van der Waals surface area contributed by atoms with E-state index in [9.17, 15) is 5.11 Å². The van der Waals surface area contributed by atoms with Crippen LogP contribution < -0.4 is 0 Å². The molecule has 5 rings (SSSR count). The summed E-state index contributed by atoms with van der Waals surface area (Å²) in [5.41, 5.74) is 4.97. The largest absolute Gasteiger partial charge is 0.415 e. The maximum Gasteiger partial charge on any atom is 0.221 e. The number of halogens is 1. The molecule has 262 valence electrons. The summed E-state index contributed by atoms with van der Waals surface area (Å²) in [7, 11) is -6.02. The Kier molecular flexibility index (Phi) is 11.2. The van der Waals surface area contributed by atoms with Crippen LogP contribution in [0.3, 0.4) is 0 Å². The molecule has 2 aliphatic carbocycles. The van der Waals surface area contributed by atoms with E-state index in [-0.39, 0.29) is 18.1 Å². The minimum atomic E-state index is -2.15. The van der Waals surface area contributed by atoms with Crippen molar-refractivity contribution in [1.29, 1.82) is 0 Å². The molecule has 2 aromatic rings. The molecular formula is C38H61ClO5Si3. The van der Waals surface area contributed by atoms with Gasteiger partial charge in [-0.25, -0.2) is 0 Å². The molecule has 9 heteroatoms. The van der Waals surface area contributed by atoms with Gasteiger partial charge in [-0.2, -0.15) is 0 Å². The summed E-state index contributed by atoms with van der Waals surface area (Å²) in [5, 5.41) is 13.5. The third kappa shape index (κ3) is 9.30. The Morgan fingerprint density at radius 2 is 1.45 bits per heavy atom. The Hall–Kier alpha value is -0.819. The lowest BCUT2D eigenvalue weighted by Gasteiger charge is -2.53. The summed E-state index contributed by atoms with van der Waals surface area (Å²) in [4.78, 5) is 0. The number of ether oxygens (including phenoxy) is 1. The van der Waals surface area contributed by atoms with Gasteiger partial charge in [0.15, 0.2) is 25.0 Å². The van der Waals surface area contributed by atoms with Crippen LogP contribution in [0.1, 0.15) is 80.0 Å². The molecule has 1 N–H and O–H groups in total. The highest BCUT2D eigenvalue weighted by atomic mass is 35.5. The summed E-state index contributed by atoms with van der Waals surface area (Å²) in [5.74, 6) is -1.09. The second kappa shape index (κ2) is 14.1. The van der Waals surface area contributed by atoms with E-state index in [1.807, 2.05) is 18.2 Å². The van der Waals surface area contributed by atoms with E-state index >= 15 is 0 Å². The Bertz CT molecular complexity index is 1350. The van der Waals surface area contributed by atoms with Gasteiger partial charge in [0.25, 0.3) is 0 Å². The molecule has 47 heavy (non-hydrogen) atoms. The average molecular weight is 718 g/mol. The average Bonchev–Trinajstić information content (AvgIpc) is 2.95. The van der Waals surface area contributed by atoms with Crippen LogP contribution in [0.15, 0.2) is 42.5 Å². The molecule has 0 aromatic heterocycles. The fourth-order valence-corrected chi connectivity index (χ4v) is 10.8. The highest BCUT2D eigenvalue weighted by Crippen LogP contribution is 2.54. The molecule has 1 heterocycles. The second-order valence-electron chi connectivity index (χ2n) is 17.8. The molecule has 5 nitrogen and oxygen atoms in total. The SMILES string of the molecule is C[C@H]1[C@H](O[Si](C)(C)C)[C@@H](O[Si](C)(C)C)C(O)(c2ccc(Cl)c(Cc3ccc(C4CCC5(CCC5)CC4)cc3)c2)O[C@@H]1CO[Si](C)(C)C. The van der Waals surface area contributed by atoms with Crippen LogP contribution in [0, 0.1) is 11.3 Å². The van der Waals surface area contributed by atoms with Crippen LogP contribution in [0.25, 0.3) is 0 Å². The lowest BCUT2D eigenvalue weighted by atomic mass is 9.58. The first-order valence-electron chi connectivity index (χ1n) is 18.0. The number of aliphatic hydroxyl groups is 1. The van der Waals surface area contributed by atoms with Crippen LogP contribution in [-0.2, 0) is 30.2 Å². The monoisotopic (exact) mass is 716 g/mol. The molecule has 1 unspecified atom stereocenters. The number of hydrogen-bond acceptors (Lipinski definition) is 5. The standard InChI is InChI=1S/C38H61ClO5Si3/c1-27-34(26-41-45(2,3)4)42-38(40,36(44-47(8,9)10)35(27)43-46(5,6)7)32-16-17-33(39)31(25-32)24-28-12-14-29(15-13-28)30-18-22-37(23-19-30)20-11-21-37/h12-17,25,27,30,34-36,40H,11,18-24,26H2,1-10H3/t27-,34-,35+,36-,38?/m1/s1. The van der Waals surface area contributed by atoms with Crippen LogP contribution in [0.2, 0.25) is 63.9 Å². The van der Waals surface area contributed by atoms with Gasteiger partial charge in [0.2, 0.25) is 5.79 Å². The molecule has 1 saturated heterocycles. The topological polar surface area (TPSA) is 57.2 Å². The zero-order valence-corrected chi connectivity index (χ0v) is 34.5. The maximum absolute atomic E-state index is 12.8. The first-order valence-corrected chi connectivity index (χ1v) is 28.6. The van der Waals surface area contributed by atoms with Gasteiger partial charge in [-0.3, -0.25) is 0 Å². The minimum absolute atomic E-state index is 0.0339. The van der Waals surface area contributed by atoms with Crippen molar-refractivity contribution in [3.8, 4) is 0 Å². The van der Waals surface area contributed by atoms with Gasteiger partial charge in [0.1, 0.15) is 6.10 Å². The van der Waals surface area contributed by atoms with Gasteiger partial charge >= 0.3 is 0 Å². The van der Waals surface area contributed by atoms with Gasteiger partial charge in [-0.05, 0) is 144 Å². The van der Waals surface area contributed by atoms with Gasteiger partial charge in [0, 0.05) is 16.5 Å². The third-order valence-corrected chi connectivity index (χ3v) is 13.9. The fraction of sp³-hybridized carbons (Fsp3) is 0.684. The highest BCUT2D eigenvalue weighted by Gasteiger charge is 2.57. The summed E-state index contributed by atoms with van der Waals surface area (Å²) < 4.78 is 26.9. The number of benzene rings is 2. The van der Waals surface area contributed by atoms with Gasteiger partial charge in [-0.1, -0.05) is 55.3 Å². The molecule has 1 spiro atoms. The summed E-state index contributed by atoms with van der Waals surface area (Å²) in [6.07, 6.45) is 9.00. The van der Waals surface area contributed by atoms with Crippen molar-refractivity contribution in [2.45, 2.75) is 147 Å². The van der Waals surface area contributed by atoms with Gasteiger partial charge in [0.05, 0.1) is 18.8 Å². The van der Waals surface area contributed by atoms with Crippen molar-refractivity contribution in [3.63, 3.8) is 0 Å². The molecule has 2 saturated carbocycles. The normalized spacial score (nSPS) is 28.8. The lowest BCUT2D eigenvalue weighted by molar-refractivity contribution is -0.341. The maximum atomic E-state index is 12.8. The van der Waals surface area contributed by atoms with E-state index in [1.165, 1.54) is 56.1 Å². The van der Waals surface area contributed by atoms with E-state index in [0.29, 0.717) is 34.9 Å². The zero-order valence-electron chi connectivity index (χ0n) is 30.8. The Labute approximate surface area is 293 Å². The predicted molar refractivity (Wildman–Crippen MR) is 202 cm³/mol. The number of rotatable bonds is 11. The fourth-order valence-electron chi connectivity index (χ4n) is 7.77. The molecule has 0 bridgehead atoms. The predicted octanol–water partition coefficient (Wildman–Crippen LogP) is 10.2. The van der Waals surface area contributed by atoms with Crippen LogP contribution >= 0.6 is 11.6 Å². The van der Waals surface area contributed by atoms with Crippen molar-refractivity contribution in [2.24, 2.45) is 11.3 Å². The summed E-state index contributed by atoms with van der Waals surface area (Å²) in [6, 6.07) is 15.0. The van der Waals surface area contributed by atoms with Crippen LogP contribution in [-0.4, -0.2) is 55.0 Å². The molecular weight excluding hydrogens is 656 g/mol. The van der Waals surface area contributed by atoms with E-state index < -0.39 is 36.8 Å². The molecule has 0 radical (unpaired) electrons. The highest BCUT2D eigenvalue weighted by molar-refractivity contribution is 6.70. The Morgan fingerprint density at radius 1 is 0.830 bits per heavy atom. The Morgan fingerprint density at radius 3 is 1.98 bits per heavy atom. The smallest absolute Gasteiger partial charge is 0.221 e. The number of hydrogen-bond donors (Lipinski definition) is 1. The second-order valence-corrected chi connectivity index (χ2v) is 31.7. The van der Waals surface area contributed by atoms with Crippen molar-refractivity contribution >= 4 is 36.6 Å². The van der Waals surface area contributed by atoms with Crippen molar-refractivity contribution < 1.29 is 23.1 Å². The molecule has 5 atom stereocenters. The zero-order chi connectivity index (χ0) is 34.4. The first kappa shape index (κ1) is 37.4. The van der Waals surface area contributed by atoms with E-state index in [0.717, 1.165) is 5.56 Å². The van der Waals surface area contributed by atoms with E-state index in [2.05, 4.69) is 90.1 Å². The van der Waals surface area contributed by atoms with Gasteiger partial charge < -0.3 is 23.1 Å². The quantitative estimate of drug-likeness (QED) is 0.235. The minimum Gasteiger partial charge on any atom is -0.415 e. The van der Waals surface area contributed by atoms with Crippen molar-refractivity contribution in [1.82, 2.24) is 0 Å². The van der Waals surface area contributed by atoms with E-state index in [1.54, 1.807) is 0 Å². The van der Waals surface area contributed by atoms with Crippen molar-refractivity contribution in [3.05, 3.63) is 69.7 Å². The molecule has 1 aliphatic heterocycles. The summed E-state index contributed by atoms with van der Waals surface area (Å²) in [6.45, 7) is 22.1. The van der Waals surface area contributed by atoms with Crippen LogP contribution in [0.4, 0.5) is 0 Å².